The molecule has 1 N–H and O–H groups in total. The summed E-state index contributed by atoms with van der Waals surface area (Å²) in [6.07, 6.45) is -6.90. The molecule has 2 heterocycles. The Balaban J connectivity index is 1.91. The average molecular weight is 566 g/mol. The lowest BCUT2D eigenvalue weighted by Crippen LogP contribution is -2.63. The van der Waals surface area contributed by atoms with Gasteiger partial charge >= 0.3 is 23.9 Å². The lowest BCUT2D eigenvalue weighted by molar-refractivity contribution is -0.288. The van der Waals surface area contributed by atoms with Crippen LogP contribution >= 0.6 is 11.3 Å². The van der Waals surface area contributed by atoms with Gasteiger partial charge in [0.2, 0.25) is 12.4 Å². The van der Waals surface area contributed by atoms with E-state index in [-0.39, 0.29) is 23.5 Å². The summed E-state index contributed by atoms with van der Waals surface area (Å²) < 4.78 is 32.7. The van der Waals surface area contributed by atoms with Crippen LogP contribution in [0.1, 0.15) is 43.7 Å². The highest BCUT2D eigenvalue weighted by Crippen LogP contribution is 2.32. The Bertz CT molecular complexity index is 1210. The molecule has 1 aliphatic heterocycles. The highest BCUT2D eigenvalue weighted by Gasteiger charge is 2.53. The predicted molar refractivity (Wildman–Crippen MR) is 131 cm³/mol. The van der Waals surface area contributed by atoms with Crippen LogP contribution in [0.5, 0.6) is 11.5 Å². The Morgan fingerprint density at radius 2 is 1.56 bits per heavy atom. The first-order valence-electron chi connectivity index (χ1n) is 11.6. The maximum absolute atomic E-state index is 12.6. The largest absolute Gasteiger partial charge is 0.507 e. The van der Waals surface area contributed by atoms with E-state index in [9.17, 15) is 29.1 Å². The molecule has 3 rings (SSSR count). The number of aromatic hydroxyl groups is 1. The van der Waals surface area contributed by atoms with Crippen molar-refractivity contribution in [3.8, 4) is 11.5 Å². The zero-order valence-electron chi connectivity index (χ0n) is 21.5. The van der Waals surface area contributed by atoms with Gasteiger partial charge in [-0.25, -0.2) is 4.98 Å². The van der Waals surface area contributed by atoms with Gasteiger partial charge in [-0.05, 0) is 12.1 Å². The Morgan fingerprint density at radius 3 is 2.13 bits per heavy atom. The number of ether oxygens (including phenoxy) is 6. The number of rotatable bonds is 10. The molecule has 1 saturated heterocycles. The molecular formula is C25H27NO12S. The summed E-state index contributed by atoms with van der Waals surface area (Å²) in [5, 5.41) is 12.2. The van der Waals surface area contributed by atoms with Gasteiger partial charge in [-0.15, -0.1) is 11.3 Å². The van der Waals surface area contributed by atoms with Crippen molar-refractivity contribution in [2.24, 2.45) is 0 Å². The van der Waals surface area contributed by atoms with Gasteiger partial charge in [0, 0.05) is 39.1 Å². The van der Waals surface area contributed by atoms with Crippen LogP contribution in [0, 0.1) is 0 Å². The SMILES string of the molecule is CC(=O)OC[C@@H]1O[C@H](Oc2ccc(C(=O)Cc3cscn3)c(O)c2)[C@H](OC(C)=O)[C@H](OC(C)=O)[C@@H]1OC(C)=O. The number of carbonyl (C=O) groups excluding carboxylic acids is 5. The molecule has 1 aliphatic rings. The summed E-state index contributed by atoms with van der Waals surface area (Å²) in [7, 11) is 0. The van der Waals surface area contributed by atoms with E-state index in [1.807, 2.05) is 0 Å². The number of nitrogens with zero attached hydrogens (tertiary/aromatic N) is 1. The number of benzene rings is 1. The van der Waals surface area contributed by atoms with Gasteiger partial charge in [-0.1, -0.05) is 0 Å². The van der Waals surface area contributed by atoms with Crippen LogP contribution in [0.15, 0.2) is 29.1 Å². The van der Waals surface area contributed by atoms with E-state index in [1.165, 1.54) is 23.5 Å². The van der Waals surface area contributed by atoms with Crippen molar-refractivity contribution in [1.29, 1.82) is 0 Å². The van der Waals surface area contributed by atoms with Crippen LogP contribution < -0.4 is 4.74 Å². The maximum atomic E-state index is 12.6. The van der Waals surface area contributed by atoms with Gasteiger partial charge < -0.3 is 33.5 Å². The summed E-state index contributed by atoms with van der Waals surface area (Å²) in [6, 6.07) is 3.87. The third-order valence-corrected chi connectivity index (χ3v) is 5.93. The van der Waals surface area contributed by atoms with Crippen LogP contribution in [0.3, 0.4) is 0 Å². The Labute approximate surface area is 226 Å². The smallest absolute Gasteiger partial charge is 0.303 e. The topological polar surface area (TPSA) is 174 Å². The van der Waals surface area contributed by atoms with Gasteiger partial charge in [0.25, 0.3) is 0 Å². The number of phenolic OH excluding ortho intramolecular Hbond substituents is 1. The molecular weight excluding hydrogens is 538 g/mol. The van der Waals surface area contributed by atoms with Crippen molar-refractivity contribution < 1.29 is 57.5 Å². The Morgan fingerprint density at radius 1 is 0.923 bits per heavy atom. The molecule has 14 heteroatoms. The fourth-order valence-electron chi connectivity index (χ4n) is 3.82. The third-order valence-electron chi connectivity index (χ3n) is 5.30. The summed E-state index contributed by atoms with van der Waals surface area (Å²) in [4.78, 5) is 63.8. The van der Waals surface area contributed by atoms with Crippen LogP contribution in [-0.4, -0.2) is 77.1 Å². The summed E-state index contributed by atoms with van der Waals surface area (Å²) in [5.41, 5.74) is 2.17. The van der Waals surface area contributed by atoms with Crippen molar-refractivity contribution in [2.45, 2.75) is 64.8 Å². The van der Waals surface area contributed by atoms with E-state index in [2.05, 4.69) is 4.98 Å². The molecule has 0 amide bonds. The fraction of sp³-hybridized carbons (Fsp3) is 0.440. The number of phenols is 1. The highest BCUT2D eigenvalue weighted by molar-refractivity contribution is 7.07. The normalized spacial score (nSPS) is 22.3. The van der Waals surface area contributed by atoms with E-state index in [0.717, 1.165) is 33.8 Å². The van der Waals surface area contributed by atoms with Gasteiger partial charge in [0.15, 0.2) is 18.0 Å². The summed E-state index contributed by atoms with van der Waals surface area (Å²) in [6.45, 7) is 4.04. The van der Waals surface area contributed by atoms with E-state index in [4.69, 9.17) is 28.4 Å². The van der Waals surface area contributed by atoms with E-state index >= 15 is 0 Å². The summed E-state index contributed by atoms with van der Waals surface area (Å²) >= 11 is 1.34. The number of hydrogen-bond acceptors (Lipinski definition) is 14. The highest BCUT2D eigenvalue weighted by atomic mass is 32.1. The molecule has 0 saturated carbocycles. The zero-order valence-corrected chi connectivity index (χ0v) is 22.3. The van der Waals surface area contributed by atoms with Gasteiger partial charge in [-0.3, -0.25) is 24.0 Å². The molecule has 0 radical (unpaired) electrons. The minimum Gasteiger partial charge on any atom is -0.507 e. The first-order valence-corrected chi connectivity index (χ1v) is 12.6. The molecule has 210 valence electrons. The standard InChI is InChI=1S/C25H27NO12S/c1-12(27)33-9-21-22(34-13(2)28)23(35-14(3)29)24(36-15(4)30)25(38-21)37-17-5-6-18(20(32)8-17)19(31)7-16-10-39-11-26-16/h5-6,8,10-11,21-25,32H,7,9H2,1-4H3/t21-,22+,23+,24+,25-/m0/s1. The second-order valence-corrected chi connectivity index (χ2v) is 9.16. The number of ketones is 1. The first-order chi connectivity index (χ1) is 18.4. The van der Waals surface area contributed by atoms with Crippen LogP contribution in [-0.2, 0) is 49.3 Å². The van der Waals surface area contributed by atoms with E-state index < -0.39 is 66.9 Å². The van der Waals surface area contributed by atoms with Crippen LogP contribution in [0.25, 0.3) is 0 Å². The second-order valence-electron chi connectivity index (χ2n) is 8.44. The minimum atomic E-state index is -1.48. The molecule has 5 atom stereocenters. The van der Waals surface area contributed by atoms with Crippen molar-refractivity contribution >= 4 is 41.0 Å². The van der Waals surface area contributed by atoms with Crippen LogP contribution in [0.4, 0.5) is 0 Å². The maximum Gasteiger partial charge on any atom is 0.303 e. The quantitative estimate of drug-likeness (QED) is 0.251. The first kappa shape index (κ1) is 29.5. The average Bonchev–Trinajstić information content (AvgIpc) is 3.33. The van der Waals surface area contributed by atoms with E-state index in [1.54, 1.807) is 10.9 Å². The molecule has 0 aliphatic carbocycles. The predicted octanol–water partition coefficient (Wildman–Crippen LogP) is 1.74. The molecule has 0 bridgehead atoms. The van der Waals surface area contributed by atoms with Crippen molar-refractivity contribution in [3.05, 3.63) is 40.3 Å². The Kier molecular flexibility index (Phi) is 9.95. The molecule has 1 fully saturated rings. The van der Waals surface area contributed by atoms with Crippen molar-refractivity contribution in [2.75, 3.05) is 6.61 Å². The lowest BCUT2D eigenvalue weighted by Gasteiger charge is -2.43. The number of hydrogen-bond donors (Lipinski definition) is 1. The number of esters is 4. The van der Waals surface area contributed by atoms with Crippen LogP contribution in [0.2, 0.25) is 0 Å². The van der Waals surface area contributed by atoms with Gasteiger partial charge in [0.1, 0.15) is 24.2 Å². The van der Waals surface area contributed by atoms with E-state index in [0.29, 0.717) is 5.69 Å². The van der Waals surface area contributed by atoms with Crippen molar-refractivity contribution in [1.82, 2.24) is 4.98 Å². The Hall–Kier alpha value is -4.04. The second kappa shape index (κ2) is 13.2. The lowest BCUT2D eigenvalue weighted by atomic mass is 9.98. The third kappa shape index (κ3) is 8.22. The number of aromatic nitrogens is 1. The molecule has 0 spiro atoms. The van der Waals surface area contributed by atoms with Gasteiger partial charge in [-0.2, -0.15) is 0 Å². The van der Waals surface area contributed by atoms with Gasteiger partial charge in [0.05, 0.1) is 23.2 Å². The zero-order chi connectivity index (χ0) is 28.7. The van der Waals surface area contributed by atoms with Crippen molar-refractivity contribution in [3.63, 3.8) is 0 Å². The summed E-state index contributed by atoms with van der Waals surface area (Å²) in [5.74, 6) is -3.78. The number of thiazole rings is 1. The molecule has 1 aromatic carbocycles. The number of carbonyl (C=O) groups is 5. The molecule has 2 aromatic rings. The molecule has 13 nitrogen and oxygen atoms in total. The molecule has 0 unspecified atom stereocenters. The monoisotopic (exact) mass is 565 g/mol. The fourth-order valence-corrected chi connectivity index (χ4v) is 4.38. The molecule has 39 heavy (non-hydrogen) atoms. The minimum absolute atomic E-state index is 0.00129. The molecule has 1 aromatic heterocycles. The number of Topliss-reactive ketones (excluding diaryl/α,β-unsaturated/α-hetero) is 1.